The number of fused-ring (bicyclic) bond motifs is 2. The molecule has 0 bridgehead atoms. The molecule has 0 aliphatic carbocycles. The number of alkyl halides is 3. The number of halogens is 5. The second kappa shape index (κ2) is 10.8. The number of pyridine rings is 2. The third-order valence-corrected chi connectivity index (χ3v) is 6.63. The largest absolute Gasteiger partial charge is 0.444 e. The molecule has 4 aromatic heterocycles. The van der Waals surface area contributed by atoms with Gasteiger partial charge in [-0.3, -0.25) is 18.9 Å². The van der Waals surface area contributed by atoms with Gasteiger partial charge in [0.05, 0.1) is 17.4 Å². The van der Waals surface area contributed by atoms with Crippen molar-refractivity contribution in [3.05, 3.63) is 48.1 Å². The summed E-state index contributed by atoms with van der Waals surface area (Å²) in [5, 5.41) is 7.00. The quantitative estimate of drug-likeness (QED) is 0.330. The fourth-order valence-corrected chi connectivity index (χ4v) is 4.94. The van der Waals surface area contributed by atoms with Crippen LogP contribution >= 0.6 is 0 Å². The minimum atomic E-state index is -4.66. The first-order chi connectivity index (χ1) is 19.7. The zero-order valence-corrected chi connectivity index (χ0v) is 23.0. The lowest BCUT2D eigenvalue weighted by molar-refractivity contribution is -0.141. The molecule has 4 aromatic rings. The topological polar surface area (TPSA) is 107 Å². The molecule has 1 N–H and O–H groups in total. The van der Waals surface area contributed by atoms with Gasteiger partial charge in [-0.1, -0.05) is 0 Å². The molecule has 1 atom stereocenters. The first kappa shape index (κ1) is 29.2. The maximum atomic E-state index is 14.3. The molecule has 15 heteroatoms. The summed E-state index contributed by atoms with van der Waals surface area (Å²) in [5.41, 5.74) is -1.11. The number of carbonyl (C=O) groups excluding carboxylic acids is 2. The summed E-state index contributed by atoms with van der Waals surface area (Å²) >= 11 is 0. The second-order valence-corrected chi connectivity index (χ2v) is 11.1. The molecule has 10 nitrogen and oxygen atoms in total. The Bertz CT molecular complexity index is 1660. The lowest BCUT2D eigenvalue weighted by Crippen LogP contribution is -2.46. The van der Waals surface area contributed by atoms with Gasteiger partial charge in [-0.2, -0.15) is 18.3 Å². The number of aromatic nitrogens is 5. The number of hydrogen-bond acceptors (Lipinski definition) is 6. The zero-order chi connectivity index (χ0) is 30.4. The molecule has 2 amide bonds. The van der Waals surface area contributed by atoms with E-state index in [4.69, 9.17) is 4.74 Å². The summed E-state index contributed by atoms with van der Waals surface area (Å²) in [6.07, 6.45) is 0.0487. The Kier molecular flexibility index (Phi) is 7.53. The van der Waals surface area contributed by atoms with Crippen LogP contribution in [-0.4, -0.2) is 72.0 Å². The molecular formula is C27H28F5N7O3. The normalized spacial score (nSPS) is 16.6. The molecule has 1 aliphatic heterocycles. The maximum Gasteiger partial charge on any atom is 0.408 e. The number of ether oxygens (including phenoxy) is 1. The second-order valence-electron chi connectivity index (χ2n) is 11.1. The van der Waals surface area contributed by atoms with Crippen LogP contribution < -0.4 is 5.32 Å². The summed E-state index contributed by atoms with van der Waals surface area (Å²) in [6, 6.07) is 1.46. The van der Waals surface area contributed by atoms with E-state index in [1.165, 1.54) is 23.4 Å². The summed E-state index contributed by atoms with van der Waals surface area (Å²) in [4.78, 5) is 35.4. The van der Waals surface area contributed by atoms with Crippen LogP contribution in [0.1, 0.15) is 50.5 Å². The number of hydrogen-bond donors (Lipinski definition) is 1. The van der Waals surface area contributed by atoms with Crippen molar-refractivity contribution in [1.29, 1.82) is 0 Å². The molecule has 1 fully saturated rings. The van der Waals surface area contributed by atoms with Crippen molar-refractivity contribution in [2.45, 2.75) is 64.4 Å². The lowest BCUT2D eigenvalue weighted by atomic mass is 10.1. The Labute approximate surface area is 236 Å². The van der Waals surface area contributed by atoms with Gasteiger partial charge in [0, 0.05) is 43.0 Å². The highest BCUT2D eigenvalue weighted by molar-refractivity contribution is 5.99. The third kappa shape index (κ3) is 6.29. The van der Waals surface area contributed by atoms with Crippen LogP contribution in [0.25, 0.3) is 27.9 Å². The Morgan fingerprint density at radius 3 is 2.57 bits per heavy atom. The first-order valence-electron chi connectivity index (χ1n) is 13.2. The van der Waals surface area contributed by atoms with E-state index in [1.807, 2.05) is 0 Å². The van der Waals surface area contributed by atoms with Gasteiger partial charge in [0.1, 0.15) is 29.4 Å². The van der Waals surface area contributed by atoms with E-state index in [-0.39, 0.29) is 40.2 Å². The van der Waals surface area contributed by atoms with Crippen LogP contribution in [-0.2, 0) is 11.3 Å². The summed E-state index contributed by atoms with van der Waals surface area (Å²) in [5.74, 6) is -2.40. The average Bonchev–Trinajstić information content (AvgIpc) is 3.35. The van der Waals surface area contributed by atoms with Crippen LogP contribution in [0.3, 0.4) is 0 Å². The number of likely N-dealkylation sites (tertiary alicyclic amines) is 1. The van der Waals surface area contributed by atoms with E-state index in [1.54, 1.807) is 20.8 Å². The first-order valence-corrected chi connectivity index (χ1v) is 13.2. The fourth-order valence-electron chi connectivity index (χ4n) is 4.94. The number of carbonyl (C=O) groups is 2. The predicted octanol–water partition coefficient (Wildman–Crippen LogP) is 5.11. The van der Waals surface area contributed by atoms with E-state index in [0.717, 1.165) is 17.0 Å². The van der Waals surface area contributed by atoms with Gasteiger partial charge in [0.15, 0.2) is 11.5 Å². The van der Waals surface area contributed by atoms with Crippen molar-refractivity contribution in [1.82, 2.24) is 34.4 Å². The molecule has 5 heterocycles. The highest BCUT2D eigenvalue weighted by atomic mass is 19.4. The van der Waals surface area contributed by atoms with Crippen molar-refractivity contribution in [3.8, 4) is 11.4 Å². The smallest absolute Gasteiger partial charge is 0.408 e. The summed E-state index contributed by atoms with van der Waals surface area (Å²) in [7, 11) is 0. The number of rotatable bonds is 4. The third-order valence-electron chi connectivity index (χ3n) is 6.63. The van der Waals surface area contributed by atoms with Crippen molar-refractivity contribution in [3.63, 3.8) is 0 Å². The highest BCUT2D eigenvalue weighted by Gasteiger charge is 2.32. The summed E-state index contributed by atoms with van der Waals surface area (Å²) < 4.78 is 75.8. The van der Waals surface area contributed by atoms with Gasteiger partial charge in [0.2, 0.25) is 0 Å². The Morgan fingerprint density at radius 1 is 1.10 bits per heavy atom. The van der Waals surface area contributed by atoms with E-state index >= 15 is 0 Å². The van der Waals surface area contributed by atoms with Gasteiger partial charge >= 0.3 is 12.3 Å². The average molecular weight is 594 g/mol. The monoisotopic (exact) mass is 593 g/mol. The van der Waals surface area contributed by atoms with Crippen molar-refractivity contribution >= 4 is 28.6 Å². The van der Waals surface area contributed by atoms with Gasteiger partial charge in [0.25, 0.3) is 5.91 Å². The van der Waals surface area contributed by atoms with E-state index in [2.05, 4.69) is 20.4 Å². The van der Waals surface area contributed by atoms with Crippen molar-refractivity contribution in [2.24, 2.45) is 0 Å². The number of amides is 2. The van der Waals surface area contributed by atoms with Crippen molar-refractivity contribution in [2.75, 3.05) is 13.1 Å². The fraction of sp³-hybridized carbons (Fsp3) is 0.444. The highest BCUT2D eigenvalue weighted by Crippen LogP contribution is 2.31. The molecule has 1 unspecified atom stereocenters. The van der Waals surface area contributed by atoms with Crippen LogP contribution in [0.15, 0.2) is 30.7 Å². The van der Waals surface area contributed by atoms with Crippen LogP contribution in [0.2, 0.25) is 0 Å². The lowest BCUT2D eigenvalue weighted by Gasteiger charge is -2.26. The molecular weight excluding hydrogens is 565 g/mol. The Morgan fingerprint density at radius 2 is 1.86 bits per heavy atom. The molecule has 1 aliphatic rings. The molecule has 224 valence electrons. The minimum absolute atomic E-state index is 0.0405. The molecule has 0 radical (unpaired) electrons. The number of imidazole rings is 1. The van der Waals surface area contributed by atoms with Gasteiger partial charge < -0.3 is 15.0 Å². The van der Waals surface area contributed by atoms with E-state index in [0.29, 0.717) is 30.1 Å². The molecule has 0 saturated carbocycles. The van der Waals surface area contributed by atoms with Crippen LogP contribution in [0.4, 0.5) is 26.7 Å². The number of nitrogens with zero attached hydrogens (tertiary/aromatic N) is 6. The molecule has 5 rings (SSSR count). The Hall–Kier alpha value is -4.30. The SMILES string of the molecule is CC(C)(C)OC(=O)NC1CCCCN(C(=O)c2cc3c(cn2)c(-c2cnc4c(F)cc(F)cn24)nn3CC(F)(F)F)C1. The van der Waals surface area contributed by atoms with E-state index < -0.39 is 48.0 Å². The zero-order valence-electron chi connectivity index (χ0n) is 23.0. The Balaban J connectivity index is 1.49. The van der Waals surface area contributed by atoms with Crippen LogP contribution in [0, 0.1) is 11.6 Å². The van der Waals surface area contributed by atoms with Gasteiger partial charge in [-0.25, -0.2) is 18.6 Å². The van der Waals surface area contributed by atoms with Crippen molar-refractivity contribution < 1.29 is 36.3 Å². The molecule has 42 heavy (non-hydrogen) atoms. The standard InChI is InChI=1S/C27H28F5N7O3/c1-26(2,3)42-25(41)35-16-6-4-5-7-37(13-16)24(40)19-9-20-17(10-33-19)22(36-39(20)14-27(30,31)32)21-11-34-23-18(29)8-15(28)12-38(21)23/h8-12,16H,4-7,13-14H2,1-3H3,(H,35,41). The van der Waals surface area contributed by atoms with Crippen LogP contribution in [0.5, 0.6) is 0 Å². The van der Waals surface area contributed by atoms with E-state index in [9.17, 15) is 31.5 Å². The molecule has 1 saturated heterocycles. The molecule has 0 aromatic carbocycles. The number of alkyl carbamates (subject to hydrolysis) is 1. The number of nitrogens with one attached hydrogen (secondary N) is 1. The summed E-state index contributed by atoms with van der Waals surface area (Å²) in [6.45, 7) is 4.24. The molecule has 0 spiro atoms. The van der Waals surface area contributed by atoms with Gasteiger partial charge in [-0.15, -0.1) is 0 Å². The maximum absolute atomic E-state index is 14.3. The minimum Gasteiger partial charge on any atom is -0.444 e. The van der Waals surface area contributed by atoms with Gasteiger partial charge in [-0.05, 0) is 46.1 Å². The predicted molar refractivity (Wildman–Crippen MR) is 141 cm³/mol.